The first-order valence-corrected chi connectivity index (χ1v) is 5.31. The number of nitrogen functional groups attached to an aromatic ring is 1. The van der Waals surface area contributed by atoms with Crippen molar-refractivity contribution in [2.24, 2.45) is 7.05 Å². The molecule has 0 saturated heterocycles. The first-order valence-electron chi connectivity index (χ1n) is 4.51. The number of nitrogens with one attached hydrogen (secondary N) is 1. The van der Waals surface area contributed by atoms with E-state index >= 15 is 0 Å². The Morgan fingerprint density at radius 3 is 3.00 bits per heavy atom. The van der Waals surface area contributed by atoms with Crippen LogP contribution in [0.3, 0.4) is 0 Å². The lowest BCUT2D eigenvalue weighted by molar-refractivity contribution is 0.747. The molecule has 0 amide bonds. The van der Waals surface area contributed by atoms with Gasteiger partial charge < -0.3 is 11.1 Å². The van der Waals surface area contributed by atoms with Gasteiger partial charge in [-0.1, -0.05) is 0 Å². The number of rotatable bonds is 3. The van der Waals surface area contributed by atoms with E-state index in [-0.39, 0.29) is 5.95 Å². The summed E-state index contributed by atoms with van der Waals surface area (Å²) < 4.78 is 2.39. The number of nitrogens with two attached hydrogens (primary N) is 1. The summed E-state index contributed by atoms with van der Waals surface area (Å²) in [5.41, 5.74) is 5.48. The lowest BCUT2D eigenvalue weighted by Crippen LogP contribution is -2.06. The molecule has 2 rings (SSSR count). The van der Waals surface area contributed by atoms with Crippen LogP contribution >= 0.6 is 15.9 Å². The molecule has 84 valence electrons. The van der Waals surface area contributed by atoms with Crippen LogP contribution in [0.4, 0.5) is 11.8 Å². The average molecular weight is 284 g/mol. The minimum absolute atomic E-state index is 0.222. The van der Waals surface area contributed by atoms with Crippen molar-refractivity contribution in [3.05, 3.63) is 22.8 Å². The van der Waals surface area contributed by atoms with E-state index in [0.29, 0.717) is 18.2 Å². The van der Waals surface area contributed by atoms with Crippen LogP contribution in [0.1, 0.15) is 5.82 Å². The molecule has 0 fully saturated rings. The van der Waals surface area contributed by atoms with Crippen molar-refractivity contribution in [2.45, 2.75) is 6.54 Å². The summed E-state index contributed by atoms with van der Waals surface area (Å²) in [6, 6.07) is 0. The number of anilines is 2. The minimum Gasteiger partial charge on any atom is -0.368 e. The highest BCUT2D eigenvalue weighted by molar-refractivity contribution is 9.10. The third kappa shape index (κ3) is 2.45. The fourth-order valence-corrected chi connectivity index (χ4v) is 1.46. The summed E-state index contributed by atoms with van der Waals surface area (Å²) in [5, 5.41) is 7.20. The monoisotopic (exact) mass is 283 g/mol. The smallest absolute Gasteiger partial charge is 0.221 e. The highest BCUT2D eigenvalue weighted by Crippen LogP contribution is 2.19. The molecule has 0 radical (unpaired) electrons. The first kappa shape index (κ1) is 10.8. The number of aromatic nitrogens is 5. The van der Waals surface area contributed by atoms with Crippen LogP contribution in [0.2, 0.25) is 0 Å². The van der Waals surface area contributed by atoms with Gasteiger partial charge in [0.15, 0.2) is 5.82 Å². The molecule has 7 nitrogen and oxygen atoms in total. The molecule has 0 saturated carbocycles. The van der Waals surface area contributed by atoms with E-state index in [2.05, 4.69) is 41.3 Å². The number of aryl methyl sites for hydroxylation is 1. The lowest BCUT2D eigenvalue weighted by Gasteiger charge is -2.05. The Hall–Kier alpha value is -1.70. The second kappa shape index (κ2) is 4.44. The van der Waals surface area contributed by atoms with E-state index in [4.69, 9.17) is 5.73 Å². The Labute approximate surface area is 100 Å². The molecule has 0 unspecified atom stereocenters. The van der Waals surface area contributed by atoms with Gasteiger partial charge in [0.25, 0.3) is 0 Å². The topological polar surface area (TPSA) is 94.5 Å². The van der Waals surface area contributed by atoms with Gasteiger partial charge in [-0.25, -0.2) is 9.97 Å². The summed E-state index contributed by atoms with van der Waals surface area (Å²) in [5.74, 6) is 1.53. The number of hydrogen-bond donors (Lipinski definition) is 2. The van der Waals surface area contributed by atoms with Crippen molar-refractivity contribution in [3.8, 4) is 0 Å². The van der Waals surface area contributed by atoms with Crippen molar-refractivity contribution in [1.82, 2.24) is 24.7 Å². The van der Waals surface area contributed by atoms with Crippen LogP contribution in [-0.4, -0.2) is 24.7 Å². The highest BCUT2D eigenvalue weighted by atomic mass is 79.9. The van der Waals surface area contributed by atoms with Crippen molar-refractivity contribution < 1.29 is 0 Å². The highest BCUT2D eigenvalue weighted by Gasteiger charge is 2.04. The van der Waals surface area contributed by atoms with Crippen LogP contribution in [0.15, 0.2) is 17.0 Å². The molecule has 16 heavy (non-hydrogen) atoms. The largest absolute Gasteiger partial charge is 0.368 e. The second-order valence-electron chi connectivity index (χ2n) is 3.11. The fourth-order valence-electron chi connectivity index (χ4n) is 1.13. The SMILES string of the molecule is Cn1cnc(CNc2nc(N)ncc2Br)n1. The molecule has 0 aliphatic heterocycles. The van der Waals surface area contributed by atoms with E-state index < -0.39 is 0 Å². The van der Waals surface area contributed by atoms with Gasteiger partial charge in [-0.2, -0.15) is 10.1 Å². The van der Waals surface area contributed by atoms with Crippen LogP contribution in [0, 0.1) is 0 Å². The second-order valence-corrected chi connectivity index (χ2v) is 3.97. The summed E-state index contributed by atoms with van der Waals surface area (Å²) in [6.45, 7) is 0.482. The predicted molar refractivity (Wildman–Crippen MR) is 62.5 cm³/mol. The van der Waals surface area contributed by atoms with Gasteiger partial charge in [-0.15, -0.1) is 0 Å². The van der Waals surface area contributed by atoms with Crippen LogP contribution < -0.4 is 11.1 Å². The van der Waals surface area contributed by atoms with Gasteiger partial charge in [-0.3, -0.25) is 4.68 Å². The lowest BCUT2D eigenvalue weighted by atomic mass is 10.5. The quantitative estimate of drug-likeness (QED) is 0.855. The molecule has 0 aliphatic carbocycles. The van der Waals surface area contributed by atoms with E-state index in [0.717, 1.165) is 4.47 Å². The van der Waals surface area contributed by atoms with Gasteiger partial charge in [0.2, 0.25) is 5.95 Å². The Bertz CT molecular complexity index is 495. The van der Waals surface area contributed by atoms with E-state index in [1.165, 1.54) is 0 Å². The molecule has 3 N–H and O–H groups in total. The van der Waals surface area contributed by atoms with Crippen LogP contribution in [0.5, 0.6) is 0 Å². The number of hydrogen-bond acceptors (Lipinski definition) is 6. The molecular formula is C8H10BrN7. The molecule has 2 heterocycles. The molecule has 2 aromatic heterocycles. The third-order valence-electron chi connectivity index (χ3n) is 1.82. The van der Waals surface area contributed by atoms with Crippen molar-refractivity contribution in [3.63, 3.8) is 0 Å². The van der Waals surface area contributed by atoms with Gasteiger partial charge >= 0.3 is 0 Å². The van der Waals surface area contributed by atoms with E-state index in [1.54, 1.807) is 17.2 Å². The average Bonchev–Trinajstić information content (AvgIpc) is 2.66. The molecular weight excluding hydrogens is 274 g/mol. The maximum absolute atomic E-state index is 5.48. The molecule has 0 bridgehead atoms. The van der Waals surface area contributed by atoms with E-state index in [9.17, 15) is 0 Å². The van der Waals surface area contributed by atoms with Crippen LogP contribution in [0.25, 0.3) is 0 Å². The summed E-state index contributed by atoms with van der Waals surface area (Å²) in [4.78, 5) is 12.0. The first-order chi connectivity index (χ1) is 7.65. The maximum atomic E-state index is 5.48. The minimum atomic E-state index is 0.222. The zero-order chi connectivity index (χ0) is 11.5. The molecule has 0 aliphatic rings. The van der Waals surface area contributed by atoms with Gasteiger partial charge in [-0.05, 0) is 15.9 Å². The van der Waals surface area contributed by atoms with Gasteiger partial charge in [0.05, 0.1) is 11.0 Å². The normalized spacial score (nSPS) is 10.4. The molecule has 0 aromatic carbocycles. The number of nitrogens with zero attached hydrogens (tertiary/aromatic N) is 5. The Morgan fingerprint density at radius 1 is 1.50 bits per heavy atom. The van der Waals surface area contributed by atoms with E-state index in [1.807, 2.05) is 7.05 Å². The summed E-state index contributed by atoms with van der Waals surface area (Å²) in [6.07, 6.45) is 3.23. The summed E-state index contributed by atoms with van der Waals surface area (Å²) >= 11 is 3.32. The van der Waals surface area contributed by atoms with Crippen molar-refractivity contribution in [2.75, 3.05) is 11.1 Å². The Balaban J connectivity index is 2.07. The third-order valence-corrected chi connectivity index (χ3v) is 2.40. The standard InChI is InChI=1S/C8H10BrN7/c1-16-4-13-6(15-16)3-11-7-5(9)2-12-8(10)14-7/h2,4H,3H2,1H3,(H3,10,11,12,14). The van der Waals surface area contributed by atoms with Crippen molar-refractivity contribution in [1.29, 1.82) is 0 Å². The molecule has 0 atom stereocenters. The van der Waals surface area contributed by atoms with Gasteiger partial charge in [0, 0.05) is 13.2 Å². The molecule has 8 heteroatoms. The molecule has 0 spiro atoms. The van der Waals surface area contributed by atoms with Crippen LogP contribution in [-0.2, 0) is 13.6 Å². The number of halogens is 1. The summed E-state index contributed by atoms with van der Waals surface area (Å²) in [7, 11) is 1.81. The zero-order valence-electron chi connectivity index (χ0n) is 8.55. The predicted octanol–water partition coefficient (Wildman–Crippen LogP) is 0.562. The van der Waals surface area contributed by atoms with Crippen molar-refractivity contribution >= 4 is 27.7 Å². The van der Waals surface area contributed by atoms with Gasteiger partial charge in [0.1, 0.15) is 12.1 Å². The zero-order valence-corrected chi connectivity index (χ0v) is 10.1. The maximum Gasteiger partial charge on any atom is 0.221 e. The Kier molecular flexibility index (Phi) is 3.00. The Morgan fingerprint density at radius 2 is 2.31 bits per heavy atom. The fraction of sp³-hybridized carbons (Fsp3) is 0.250. The molecule has 2 aromatic rings.